The lowest BCUT2D eigenvalue weighted by Gasteiger charge is -2.08. The number of carbonyl (C=O) groups excluding carboxylic acids is 2. The van der Waals surface area contributed by atoms with Crippen LogP contribution in [0.15, 0.2) is 0 Å². The number of carboxylic acid groups (broad SMARTS) is 2. The van der Waals surface area contributed by atoms with Crippen LogP contribution in [0, 0.1) is 0 Å². The van der Waals surface area contributed by atoms with Crippen LogP contribution < -0.4 is 15.9 Å². The number of aliphatic carboxylic acids is 2. The van der Waals surface area contributed by atoms with Crippen molar-refractivity contribution in [2.45, 2.75) is 31.7 Å². The van der Waals surface area contributed by atoms with E-state index in [0.29, 0.717) is 19.3 Å². The molecule has 0 fully saturated rings. The van der Waals surface area contributed by atoms with E-state index in [1.54, 1.807) is 0 Å². The summed E-state index contributed by atoms with van der Waals surface area (Å²) in [6.07, 6.45) is 1.28. The summed E-state index contributed by atoms with van der Waals surface area (Å²) in [7, 11) is 0. The quantitative estimate of drug-likeness (QED) is 0.424. The number of unbranched alkanes of at least 4 members (excludes halogenated alkanes) is 1. The van der Waals surface area contributed by atoms with Gasteiger partial charge in [-0.05, 0) is 19.3 Å². The molecule has 0 bridgehead atoms. The smallest absolute Gasteiger partial charge is 0.124 e. The molecule has 0 amide bonds. The van der Waals surface area contributed by atoms with Crippen molar-refractivity contribution in [1.29, 1.82) is 0 Å². The Morgan fingerprint density at radius 1 is 1.25 bits per heavy atom. The summed E-state index contributed by atoms with van der Waals surface area (Å²) in [4.78, 5) is 20.0. The highest BCUT2D eigenvalue weighted by atomic mass is 16.4. The van der Waals surface area contributed by atoms with E-state index in [9.17, 15) is 19.8 Å². The van der Waals surface area contributed by atoms with E-state index < -0.39 is 18.0 Å². The average Bonchev–Trinajstić information content (AvgIpc) is 1.97. The Balaban J connectivity index is 3.31. The zero-order chi connectivity index (χ0) is 9.56. The second kappa shape index (κ2) is 5.54. The molecule has 0 spiro atoms. The second-order valence-electron chi connectivity index (χ2n) is 2.63. The van der Waals surface area contributed by atoms with Crippen LogP contribution in [0.4, 0.5) is 0 Å². The Kier molecular flexibility index (Phi) is 5.03. The van der Waals surface area contributed by atoms with E-state index in [4.69, 9.17) is 0 Å². The van der Waals surface area contributed by atoms with Crippen molar-refractivity contribution in [1.82, 2.24) is 0 Å². The first-order valence-corrected chi connectivity index (χ1v) is 3.78. The predicted octanol–water partition coefficient (Wildman–Crippen LogP) is -3.34. The Morgan fingerprint density at radius 2 is 1.83 bits per heavy atom. The molecule has 5 nitrogen and oxygen atoms in total. The van der Waals surface area contributed by atoms with Crippen molar-refractivity contribution in [3.63, 3.8) is 0 Å². The van der Waals surface area contributed by atoms with Gasteiger partial charge in [-0.1, -0.05) is 0 Å². The molecule has 0 aliphatic carbocycles. The number of hydrogen-bond donors (Lipinski definition) is 1. The van der Waals surface area contributed by atoms with Crippen molar-refractivity contribution in [2.75, 3.05) is 0 Å². The molecule has 0 radical (unpaired) electrons. The standard InChI is InChI=1S/C7H13NO4/c8-5(7(11)12)3-1-2-4-6(9)10/h5H,1-4,8H2,(H,9,10)(H,11,12)/p-1/t5-/m0/s1. The van der Waals surface area contributed by atoms with E-state index in [1.807, 2.05) is 0 Å². The molecule has 1 atom stereocenters. The maximum atomic E-state index is 10.1. The summed E-state index contributed by atoms with van der Waals surface area (Å²) in [5.74, 6) is -2.30. The maximum Gasteiger partial charge on any atom is 0.124 e. The molecule has 0 aromatic heterocycles. The first-order chi connectivity index (χ1) is 5.54. The summed E-state index contributed by atoms with van der Waals surface area (Å²) in [6, 6.07) is -0.744. The highest BCUT2D eigenvalue weighted by molar-refractivity contribution is 5.69. The van der Waals surface area contributed by atoms with Crippen molar-refractivity contribution in [3.8, 4) is 0 Å². The van der Waals surface area contributed by atoms with Crippen molar-refractivity contribution >= 4 is 11.9 Å². The Bertz CT molecular complexity index is 169. The summed E-state index contributed by atoms with van der Waals surface area (Å²) < 4.78 is 0. The lowest BCUT2D eigenvalue weighted by molar-refractivity contribution is -0.438. The predicted molar refractivity (Wildman–Crippen MR) is 35.2 cm³/mol. The third-order valence-electron chi connectivity index (χ3n) is 1.52. The lowest BCUT2D eigenvalue weighted by Crippen LogP contribution is -2.68. The Labute approximate surface area is 70.2 Å². The van der Waals surface area contributed by atoms with Crippen LogP contribution in [-0.4, -0.2) is 18.0 Å². The molecule has 70 valence electrons. The van der Waals surface area contributed by atoms with Crippen LogP contribution >= 0.6 is 0 Å². The SMILES string of the molecule is [NH3+][C@@H](CCCCC(=O)[O-])C(=O)[O-]. The highest BCUT2D eigenvalue weighted by Gasteiger charge is 2.05. The molecule has 5 heteroatoms. The fraction of sp³-hybridized carbons (Fsp3) is 0.714. The molecular weight excluding hydrogens is 162 g/mol. The molecule has 0 aliphatic rings. The van der Waals surface area contributed by atoms with E-state index in [0.717, 1.165) is 0 Å². The average molecular weight is 174 g/mol. The van der Waals surface area contributed by atoms with Gasteiger partial charge in [0.25, 0.3) is 0 Å². The molecular formula is C7H12NO4-. The van der Waals surface area contributed by atoms with Gasteiger partial charge in [-0.3, -0.25) is 0 Å². The third kappa shape index (κ3) is 5.67. The molecule has 3 N–H and O–H groups in total. The van der Waals surface area contributed by atoms with Crippen molar-refractivity contribution in [3.05, 3.63) is 0 Å². The van der Waals surface area contributed by atoms with Gasteiger partial charge in [-0.25, -0.2) is 0 Å². The first kappa shape index (κ1) is 10.9. The van der Waals surface area contributed by atoms with E-state index in [1.165, 1.54) is 0 Å². The van der Waals surface area contributed by atoms with Gasteiger partial charge in [0.05, 0.1) is 5.97 Å². The minimum Gasteiger partial charge on any atom is -0.550 e. The zero-order valence-corrected chi connectivity index (χ0v) is 6.75. The maximum absolute atomic E-state index is 10.1. The molecule has 12 heavy (non-hydrogen) atoms. The van der Waals surface area contributed by atoms with Crippen LogP contribution in [0.5, 0.6) is 0 Å². The molecule has 0 saturated carbocycles. The lowest BCUT2D eigenvalue weighted by atomic mass is 10.1. The van der Waals surface area contributed by atoms with Gasteiger partial charge in [-0.15, -0.1) is 0 Å². The van der Waals surface area contributed by atoms with Gasteiger partial charge in [0, 0.05) is 12.4 Å². The summed E-state index contributed by atoms with van der Waals surface area (Å²) in [5, 5.41) is 20.0. The van der Waals surface area contributed by atoms with Crippen LogP contribution in [-0.2, 0) is 9.59 Å². The fourth-order valence-electron chi connectivity index (χ4n) is 0.778. The van der Waals surface area contributed by atoms with Crippen LogP contribution in [0.3, 0.4) is 0 Å². The summed E-state index contributed by atoms with van der Waals surface area (Å²) >= 11 is 0. The molecule has 0 unspecified atom stereocenters. The largest absolute Gasteiger partial charge is 0.550 e. The van der Waals surface area contributed by atoms with Crippen LogP contribution in [0.2, 0.25) is 0 Å². The van der Waals surface area contributed by atoms with E-state index in [2.05, 4.69) is 5.73 Å². The third-order valence-corrected chi connectivity index (χ3v) is 1.52. The van der Waals surface area contributed by atoms with Gasteiger partial charge >= 0.3 is 0 Å². The van der Waals surface area contributed by atoms with Gasteiger partial charge in [0.1, 0.15) is 6.04 Å². The molecule has 0 aromatic rings. The molecule has 0 heterocycles. The van der Waals surface area contributed by atoms with Gasteiger partial charge in [0.2, 0.25) is 0 Å². The number of carbonyl (C=O) groups is 2. The molecule has 0 aliphatic heterocycles. The number of carboxylic acids is 2. The number of quaternary nitrogens is 1. The number of rotatable bonds is 6. The second-order valence-corrected chi connectivity index (χ2v) is 2.63. The Morgan fingerprint density at radius 3 is 2.25 bits per heavy atom. The van der Waals surface area contributed by atoms with Crippen molar-refractivity contribution < 1.29 is 25.5 Å². The molecule has 0 rings (SSSR count). The van der Waals surface area contributed by atoms with Gasteiger partial charge in [-0.2, -0.15) is 0 Å². The minimum absolute atomic E-state index is 0.0280. The van der Waals surface area contributed by atoms with E-state index >= 15 is 0 Å². The van der Waals surface area contributed by atoms with Crippen molar-refractivity contribution in [2.24, 2.45) is 0 Å². The van der Waals surface area contributed by atoms with Crippen LogP contribution in [0.1, 0.15) is 25.7 Å². The molecule has 0 aromatic carbocycles. The Hall–Kier alpha value is -1.10. The summed E-state index contributed by atoms with van der Waals surface area (Å²) in [5.41, 5.74) is 3.33. The van der Waals surface area contributed by atoms with Gasteiger partial charge < -0.3 is 25.5 Å². The first-order valence-electron chi connectivity index (χ1n) is 3.78. The van der Waals surface area contributed by atoms with E-state index in [-0.39, 0.29) is 6.42 Å². The zero-order valence-electron chi connectivity index (χ0n) is 6.75. The summed E-state index contributed by atoms with van der Waals surface area (Å²) in [6.45, 7) is 0. The van der Waals surface area contributed by atoms with Gasteiger partial charge in [0.15, 0.2) is 0 Å². The van der Waals surface area contributed by atoms with Crippen LogP contribution in [0.25, 0.3) is 0 Å². The highest BCUT2D eigenvalue weighted by Crippen LogP contribution is 1.99. The minimum atomic E-state index is -1.19. The monoisotopic (exact) mass is 174 g/mol. The molecule has 0 saturated heterocycles. The topological polar surface area (TPSA) is 108 Å². The fourth-order valence-corrected chi connectivity index (χ4v) is 0.778. The number of hydrogen-bond acceptors (Lipinski definition) is 4. The normalized spacial score (nSPS) is 12.4.